The highest BCUT2D eigenvalue weighted by molar-refractivity contribution is 5.49. The van der Waals surface area contributed by atoms with Gasteiger partial charge in [-0.25, -0.2) is 4.39 Å². The van der Waals surface area contributed by atoms with Crippen molar-refractivity contribution in [2.45, 2.75) is 26.3 Å². The van der Waals surface area contributed by atoms with E-state index in [9.17, 15) is 4.39 Å². The zero-order valence-corrected chi connectivity index (χ0v) is 9.33. The fourth-order valence-corrected chi connectivity index (χ4v) is 1.28. The van der Waals surface area contributed by atoms with Crippen molar-refractivity contribution < 1.29 is 4.39 Å². The zero-order valence-electron chi connectivity index (χ0n) is 9.33. The Labute approximate surface area is 91.0 Å². The van der Waals surface area contributed by atoms with Crippen molar-refractivity contribution in [1.82, 2.24) is 5.32 Å². The van der Waals surface area contributed by atoms with Crippen LogP contribution >= 0.6 is 0 Å². The molecule has 0 aromatic heterocycles. The van der Waals surface area contributed by atoms with E-state index < -0.39 is 0 Å². The summed E-state index contributed by atoms with van der Waals surface area (Å²) in [7, 11) is 0. The maximum atomic E-state index is 13.2. The first-order valence-electron chi connectivity index (χ1n) is 5.34. The molecule has 1 aromatic rings. The molecule has 1 nitrogen and oxygen atoms in total. The van der Waals surface area contributed by atoms with E-state index in [4.69, 9.17) is 0 Å². The molecule has 0 unspecified atom stereocenters. The molecule has 1 aromatic carbocycles. The van der Waals surface area contributed by atoms with Crippen molar-refractivity contribution in [2.24, 2.45) is 0 Å². The van der Waals surface area contributed by atoms with E-state index in [-0.39, 0.29) is 5.82 Å². The van der Waals surface area contributed by atoms with Gasteiger partial charge in [-0.05, 0) is 19.0 Å². The van der Waals surface area contributed by atoms with E-state index in [0.717, 1.165) is 13.0 Å². The molecule has 0 radical (unpaired) electrons. The summed E-state index contributed by atoms with van der Waals surface area (Å²) in [6.45, 7) is 5.16. The number of nitrogens with one attached hydrogen (secondary N) is 1. The summed E-state index contributed by atoms with van der Waals surface area (Å²) in [5.41, 5.74) is 0.655. The molecular formula is C13H18FN. The van der Waals surface area contributed by atoms with Crippen LogP contribution in [-0.2, 0) is 0 Å². The minimum atomic E-state index is -0.162. The van der Waals surface area contributed by atoms with Crippen LogP contribution in [0.15, 0.2) is 30.3 Å². The average Bonchev–Trinajstić information content (AvgIpc) is 2.20. The Balaban J connectivity index is 2.35. The summed E-state index contributed by atoms with van der Waals surface area (Å²) in [5.74, 6) is -0.162. The van der Waals surface area contributed by atoms with Crippen LogP contribution in [-0.4, -0.2) is 12.6 Å². The second kappa shape index (κ2) is 6.36. The molecule has 0 heterocycles. The Hall–Kier alpha value is -1.15. The number of benzene rings is 1. The van der Waals surface area contributed by atoms with E-state index in [1.54, 1.807) is 12.1 Å². The van der Waals surface area contributed by atoms with Gasteiger partial charge in [-0.1, -0.05) is 44.2 Å². The highest BCUT2D eigenvalue weighted by Crippen LogP contribution is 2.08. The van der Waals surface area contributed by atoms with Gasteiger partial charge < -0.3 is 5.32 Å². The molecule has 0 saturated heterocycles. The van der Waals surface area contributed by atoms with E-state index in [1.807, 2.05) is 18.2 Å². The molecule has 0 fully saturated rings. The lowest BCUT2D eigenvalue weighted by molar-refractivity contribution is 0.595. The Bertz CT molecular complexity index is 318. The van der Waals surface area contributed by atoms with Crippen LogP contribution in [0.4, 0.5) is 4.39 Å². The van der Waals surface area contributed by atoms with Gasteiger partial charge in [0.1, 0.15) is 5.82 Å². The Morgan fingerprint density at radius 1 is 1.33 bits per heavy atom. The fraction of sp³-hybridized carbons (Fsp3) is 0.385. The van der Waals surface area contributed by atoms with Gasteiger partial charge in [0.25, 0.3) is 0 Å². The molecule has 15 heavy (non-hydrogen) atoms. The third-order valence-electron chi connectivity index (χ3n) is 2.07. The summed E-state index contributed by atoms with van der Waals surface area (Å²) in [5, 5.41) is 3.30. The van der Waals surface area contributed by atoms with E-state index >= 15 is 0 Å². The molecule has 0 aliphatic carbocycles. The molecule has 1 N–H and O–H groups in total. The summed E-state index contributed by atoms with van der Waals surface area (Å²) < 4.78 is 13.2. The van der Waals surface area contributed by atoms with Crippen molar-refractivity contribution >= 4 is 6.08 Å². The SMILES string of the molecule is CC(C)NCCC=Cc1ccccc1F. The molecule has 0 bridgehead atoms. The van der Waals surface area contributed by atoms with Crippen molar-refractivity contribution in [2.75, 3.05) is 6.54 Å². The van der Waals surface area contributed by atoms with Crippen molar-refractivity contribution in [3.8, 4) is 0 Å². The first-order chi connectivity index (χ1) is 7.20. The Morgan fingerprint density at radius 2 is 2.07 bits per heavy atom. The van der Waals surface area contributed by atoms with Crippen molar-refractivity contribution in [1.29, 1.82) is 0 Å². The summed E-state index contributed by atoms with van der Waals surface area (Å²) in [4.78, 5) is 0. The summed E-state index contributed by atoms with van der Waals surface area (Å²) in [6.07, 6.45) is 4.75. The molecule has 0 atom stereocenters. The van der Waals surface area contributed by atoms with Gasteiger partial charge in [-0.2, -0.15) is 0 Å². The number of rotatable bonds is 5. The van der Waals surface area contributed by atoms with Gasteiger partial charge in [-0.3, -0.25) is 0 Å². The molecule has 0 saturated carbocycles. The standard InChI is InChI=1S/C13H18FN/c1-11(2)15-10-6-5-8-12-7-3-4-9-13(12)14/h3-5,7-9,11,15H,6,10H2,1-2H3. The number of hydrogen-bond acceptors (Lipinski definition) is 1. The van der Waals surface area contributed by atoms with Crippen LogP contribution in [0.3, 0.4) is 0 Å². The minimum absolute atomic E-state index is 0.162. The molecule has 2 heteroatoms. The normalized spacial score (nSPS) is 11.5. The summed E-state index contributed by atoms with van der Waals surface area (Å²) >= 11 is 0. The van der Waals surface area contributed by atoms with Crippen molar-refractivity contribution in [3.63, 3.8) is 0 Å². The zero-order chi connectivity index (χ0) is 11.1. The second-order valence-corrected chi connectivity index (χ2v) is 3.82. The van der Waals surface area contributed by atoms with Gasteiger partial charge in [0.05, 0.1) is 0 Å². The first-order valence-corrected chi connectivity index (χ1v) is 5.34. The van der Waals surface area contributed by atoms with Gasteiger partial charge in [0, 0.05) is 11.6 Å². The Kier molecular flexibility index (Phi) is 5.05. The smallest absolute Gasteiger partial charge is 0.130 e. The highest BCUT2D eigenvalue weighted by atomic mass is 19.1. The molecule has 0 spiro atoms. The van der Waals surface area contributed by atoms with E-state index in [2.05, 4.69) is 19.2 Å². The average molecular weight is 207 g/mol. The van der Waals surface area contributed by atoms with Crippen LogP contribution in [0, 0.1) is 5.82 Å². The Morgan fingerprint density at radius 3 is 2.73 bits per heavy atom. The van der Waals surface area contributed by atoms with Gasteiger partial charge in [0.2, 0.25) is 0 Å². The van der Waals surface area contributed by atoms with Gasteiger partial charge in [0.15, 0.2) is 0 Å². The van der Waals surface area contributed by atoms with Crippen LogP contribution in [0.25, 0.3) is 6.08 Å². The molecular weight excluding hydrogens is 189 g/mol. The largest absolute Gasteiger partial charge is 0.314 e. The lowest BCUT2D eigenvalue weighted by atomic mass is 10.2. The molecule has 1 rings (SSSR count). The maximum Gasteiger partial charge on any atom is 0.130 e. The fourth-order valence-electron chi connectivity index (χ4n) is 1.28. The number of hydrogen-bond donors (Lipinski definition) is 1. The molecule has 0 aliphatic heterocycles. The van der Waals surface area contributed by atoms with Gasteiger partial charge in [-0.15, -0.1) is 0 Å². The quantitative estimate of drug-likeness (QED) is 0.731. The molecule has 82 valence electrons. The highest BCUT2D eigenvalue weighted by Gasteiger charge is 1.94. The lowest BCUT2D eigenvalue weighted by Crippen LogP contribution is -2.23. The predicted octanol–water partition coefficient (Wildman–Crippen LogP) is 3.23. The third kappa shape index (κ3) is 4.75. The maximum absolute atomic E-state index is 13.2. The number of halogens is 1. The molecule has 0 aliphatic rings. The third-order valence-corrected chi connectivity index (χ3v) is 2.07. The summed E-state index contributed by atoms with van der Waals surface area (Å²) in [6, 6.07) is 7.31. The minimum Gasteiger partial charge on any atom is -0.314 e. The van der Waals surface area contributed by atoms with Crippen LogP contribution in [0.5, 0.6) is 0 Å². The lowest BCUT2D eigenvalue weighted by Gasteiger charge is -2.04. The molecule has 0 amide bonds. The van der Waals surface area contributed by atoms with Crippen LogP contribution in [0.2, 0.25) is 0 Å². The van der Waals surface area contributed by atoms with E-state index in [0.29, 0.717) is 11.6 Å². The first kappa shape index (κ1) is 11.9. The predicted molar refractivity (Wildman–Crippen MR) is 63.2 cm³/mol. The van der Waals surface area contributed by atoms with Crippen LogP contribution < -0.4 is 5.32 Å². The topological polar surface area (TPSA) is 12.0 Å². The van der Waals surface area contributed by atoms with Gasteiger partial charge >= 0.3 is 0 Å². The van der Waals surface area contributed by atoms with E-state index in [1.165, 1.54) is 6.07 Å². The van der Waals surface area contributed by atoms with Crippen LogP contribution in [0.1, 0.15) is 25.8 Å². The monoisotopic (exact) mass is 207 g/mol. The second-order valence-electron chi connectivity index (χ2n) is 3.82. The van der Waals surface area contributed by atoms with Crippen molar-refractivity contribution in [3.05, 3.63) is 41.7 Å².